The van der Waals surface area contributed by atoms with Crippen molar-refractivity contribution < 1.29 is 19.4 Å². The molecule has 0 bridgehead atoms. The minimum Gasteiger partial charge on any atom is -0.478 e. The number of rotatable bonds is 9. The van der Waals surface area contributed by atoms with Crippen molar-refractivity contribution >= 4 is 17.3 Å². The quantitative estimate of drug-likeness (QED) is 0.681. The summed E-state index contributed by atoms with van der Waals surface area (Å²) in [4.78, 5) is 13.2. The van der Waals surface area contributed by atoms with Gasteiger partial charge in [0.1, 0.15) is 0 Å². The highest BCUT2D eigenvalue weighted by Gasteiger charge is 2.14. The van der Waals surface area contributed by atoms with E-state index in [1.54, 1.807) is 38.5 Å². The third-order valence-electron chi connectivity index (χ3n) is 3.93. The number of aromatic carboxylic acids is 1. The smallest absolute Gasteiger partial charge is 0.335 e. The van der Waals surface area contributed by atoms with Gasteiger partial charge in [-0.25, -0.2) is 4.79 Å². The molecule has 0 aromatic heterocycles. The summed E-state index contributed by atoms with van der Waals surface area (Å²) in [5.74, 6) is -0.943. The molecule has 6 nitrogen and oxygen atoms in total. The fourth-order valence-corrected chi connectivity index (χ4v) is 2.61. The number of ether oxygens (including phenoxy) is 2. The van der Waals surface area contributed by atoms with E-state index in [0.717, 1.165) is 16.8 Å². The summed E-state index contributed by atoms with van der Waals surface area (Å²) < 4.78 is 10.4. The van der Waals surface area contributed by atoms with Gasteiger partial charge in [-0.15, -0.1) is 0 Å². The Labute approximate surface area is 147 Å². The van der Waals surface area contributed by atoms with E-state index < -0.39 is 5.97 Å². The summed E-state index contributed by atoms with van der Waals surface area (Å²) in [6, 6.07) is 12.5. The molecule has 0 radical (unpaired) electrons. The summed E-state index contributed by atoms with van der Waals surface area (Å²) in [5.41, 5.74) is 9.75. The lowest BCUT2D eigenvalue weighted by Gasteiger charge is -2.27. The number of nitrogens with two attached hydrogens (primary N) is 1. The summed E-state index contributed by atoms with van der Waals surface area (Å²) in [5, 5.41) is 9.07. The summed E-state index contributed by atoms with van der Waals surface area (Å²) in [6.45, 7) is 2.60. The van der Waals surface area contributed by atoms with Crippen molar-refractivity contribution in [1.29, 1.82) is 0 Å². The molecule has 3 N–H and O–H groups in total. The van der Waals surface area contributed by atoms with Gasteiger partial charge in [-0.3, -0.25) is 0 Å². The van der Waals surface area contributed by atoms with Crippen LogP contribution in [-0.2, 0) is 9.47 Å². The zero-order chi connectivity index (χ0) is 18.2. The van der Waals surface area contributed by atoms with E-state index >= 15 is 0 Å². The maximum Gasteiger partial charge on any atom is 0.335 e. The van der Waals surface area contributed by atoms with Crippen molar-refractivity contribution in [2.24, 2.45) is 0 Å². The van der Waals surface area contributed by atoms with Crippen LogP contribution in [0.2, 0.25) is 0 Å². The molecule has 0 aliphatic carbocycles. The fourth-order valence-electron chi connectivity index (χ4n) is 2.61. The standard InChI is InChI=1S/C19H24N2O4/c1-24-11-9-21(10-12-25-2)18-8-7-16(20)13-17(18)14-3-5-15(6-4-14)19(22)23/h3-8,13H,9-12,20H2,1-2H3,(H,22,23). The molecule has 0 heterocycles. The molecule has 0 spiro atoms. The van der Waals surface area contributed by atoms with E-state index in [9.17, 15) is 4.79 Å². The lowest BCUT2D eigenvalue weighted by atomic mass is 10.0. The largest absolute Gasteiger partial charge is 0.478 e. The van der Waals surface area contributed by atoms with Crippen molar-refractivity contribution in [3.63, 3.8) is 0 Å². The number of benzene rings is 2. The molecule has 0 unspecified atom stereocenters. The number of carboxylic acids is 1. The van der Waals surface area contributed by atoms with Crippen LogP contribution in [0.1, 0.15) is 10.4 Å². The second kappa shape index (κ2) is 9.05. The molecule has 0 aliphatic heterocycles. The molecule has 2 aromatic rings. The topological polar surface area (TPSA) is 85.0 Å². The van der Waals surface area contributed by atoms with E-state index in [0.29, 0.717) is 32.0 Å². The number of carbonyl (C=O) groups is 1. The molecular weight excluding hydrogens is 320 g/mol. The molecule has 6 heteroatoms. The lowest BCUT2D eigenvalue weighted by Crippen LogP contribution is -2.31. The van der Waals surface area contributed by atoms with Crippen LogP contribution in [-0.4, -0.2) is 51.6 Å². The third-order valence-corrected chi connectivity index (χ3v) is 3.93. The van der Waals surface area contributed by atoms with E-state index in [1.807, 2.05) is 18.2 Å². The average molecular weight is 344 g/mol. The van der Waals surface area contributed by atoms with Gasteiger partial charge in [-0.2, -0.15) is 0 Å². The Bertz CT molecular complexity index is 693. The van der Waals surface area contributed by atoms with E-state index in [2.05, 4.69) is 4.90 Å². The Morgan fingerprint density at radius 2 is 1.64 bits per heavy atom. The zero-order valence-corrected chi connectivity index (χ0v) is 14.6. The lowest BCUT2D eigenvalue weighted by molar-refractivity contribution is 0.0697. The van der Waals surface area contributed by atoms with Crippen LogP contribution >= 0.6 is 0 Å². The van der Waals surface area contributed by atoms with Gasteiger partial charge in [0, 0.05) is 44.2 Å². The highest BCUT2D eigenvalue weighted by molar-refractivity contribution is 5.89. The molecule has 0 atom stereocenters. The Morgan fingerprint density at radius 3 is 2.16 bits per heavy atom. The van der Waals surface area contributed by atoms with Crippen LogP contribution < -0.4 is 10.6 Å². The van der Waals surface area contributed by atoms with Gasteiger partial charge in [-0.05, 0) is 35.9 Å². The van der Waals surface area contributed by atoms with Crippen molar-refractivity contribution in [1.82, 2.24) is 0 Å². The van der Waals surface area contributed by atoms with Crippen molar-refractivity contribution in [2.45, 2.75) is 0 Å². The maximum absolute atomic E-state index is 11.1. The van der Waals surface area contributed by atoms with E-state index in [-0.39, 0.29) is 5.56 Å². The maximum atomic E-state index is 11.1. The molecule has 0 saturated heterocycles. The van der Waals surface area contributed by atoms with Crippen LogP contribution in [0.4, 0.5) is 11.4 Å². The normalized spacial score (nSPS) is 10.6. The first kappa shape index (κ1) is 18.8. The van der Waals surface area contributed by atoms with Gasteiger partial charge in [0.2, 0.25) is 0 Å². The first-order valence-electron chi connectivity index (χ1n) is 8.03. The number of methoxy groups -OCH3 is 2. The second-order valence-electron chi connectivity index (χ2n) is 5.63. The van der Waals surface area contributed by atoms with Gasteiger partial charge in [0.05, 0.1) is 18.8 Å². The summed E-state index contributed by atoms with van der Waals surface area (Å²) in [7, 11) is 3.34. The second-order valence-corrected chi connectivity index (χ2v) is 5.63. The summed E-state index contributed by atoms with van der Waals surface area (Å²) in [6.07, 6.45) is 0. The monoisotopic (exact) mass is 344 g/mol. The Hall–Kier alpha value is -2.57. The SMILES string of the molecule is COCCN(CCOC)c1ccc(N)cc1-c1ccc(C(=O)O)cc1. The van der Waals surface area contributed by atoms with Crippen molar-refractivity contribution in [3.05, 3.63) is 48.0 Å². The van der Waals surface area contributed by atoms with E-state index in [4.69, 9.17) is 20.3 Å². The van der Waals surface area contributed by atoms with E-state index in [1.165, 1.54) is 0 Å². The number of anilines is 2. The molecule has 134 valence electrons. The number of nitrogens with zero attached hydrogens (tertiary/aromatic N) is 1. The molecule has 2 aromatic carbocycles. The molecule has 2 rings (SSSR count). The van der Waals surface area contributed by atoms with Crippen LogP contribution in [0, 0.1) is 0 Å². The van der Waals surface area contributed by atoms with Crippen molar-refractivity contribution in [2.75, 3.05) is 51.2 Å². The van der Waals surface area contributed by atoms with Crippen molar-refractivity contribution in [3.8, 4) is 11.1 Å². The highest BCUT2D eigenvalue weighted by Crippen LogP contribution is 2.33. The van der Waals surface area contributed by atoms with Gasteiger partial charge in [-0.1, -0.05) is 12.1 Å². The number of nitrogen functional groups attached to an aromatic ring is 1. The molecule has 25 heavy (non-hydrogen) atoms. The third kappa shape index (κ3) is 4.95. The number of hydrogen-bond donors (Lipinski definition) is 2. The van der Waals surface area contributed by atoms with Crippen LogP contribution in [0.3, 0.4) is 0 Å². The van der Waals surface area contributed by atoms with Gasteiger partial charge < -0.3 is 25.2 Å². The van der Waals surface area contributed by atoms with Crippen LogP contribution in [0.15, 0.2) is 42.5 Å². The van der Waals surface area contributed by atoms with Crippen LogP contribution in [0.5, 0.6) is 0 Å². The Balaban J connectivity index is 2.41. The molecular formula is C19H24N2O4. The first-order valence-corrected chi connectivity index (χ1v) is 8.03. The minimum atomic E-state index is -0.943. The van der Waals surface area contributed by atoms with Gasteiger partial charge >= 0.3 is 5.97 Å². The number of carboxylic acid groups (broad SMARTS) is 1. The highest BCUT2D eigenvalue weighted by atomic mass is 16.5. The Kier molecular flexibility index (Phi) is 6.80. The predicted octanol–water partition coefficient (Wildman–Crippen LogP) is 2.73. The Morgan fingerprint density at radius 1 is 1.04 bits per heavy atom. The zero-order valence-electron chi connectivity index (χ0n) is 14.6. The van der Waals surface area contributed by atoms with Gasteiger partial charge in [0.25, 0.3) is 0 Å². The first-order chi connectivity index (χ1) is 12.1. The van der Waals surface area contributed by atoms with Gasteiger partial charge in [0.15, 0.2) is 0 Å². The molecule has 0 aliphatic rings. The number of hydrogen-bond acceptors (Lipinski definition) is 5. The van der Waals surface area contributed by atoms with Crippen LogP contribution in [0.25, 0.3) is 11.1 Å². The molecule has 0 amide bonds. The fraction of sp³-hybridized carbons (Fsp3) is 0.316. The average Bonchev–Trinajstić information content (AvgIpc) is 2.62. The minimum absolute atomic E-state index is 0.254. The molecule has 0 saturated carbocycles. The summed E-state index contributed by atoms with van der Waals surface area (Å²) >= 11 is 0. The predicted molar refractivity (Wildman–Crippen MR) is 99.2 cm³/mol. The molecule has 0 fully saturated rings.